The predicted octanol–water partition coefficient (Wildman–Crippen LogP) is 1.84. The lowest BCUT2D eigenvalue weighted by Crippen LogP contribution is -2.35. The van der Waals surface area contributed by atoms with Crippen molar-refractivity contribution in [2.24, 2.45) is 0 Å². The van der Waals surface area contributed by atoms with Crippen LogP contribution in [0, 0.1) is 0 Å². The first-order chi connectivity index (χ1) is 18.2. The minimum Gasteiger partial charge on any atom is -0.497 e. The van der Waals surface area contributed by atoms with Gasteiger partial charge < -0.3 is 29.9 Å². The molecule has 1 aromatic carbocycles. The van der Waals surface area contributed by atoms with E-state index in [1.165, 1.54) is 4.90 Å². The maximum absolute atomic E-state index is 11.8. The number of carbonyl (C=O) groups excluding carboxylic acids is 4. The summed E-state index contributed by atoms with van der Waals surface area (Å²) in [5, 5.41) is 7.55. The molecule has 1 saturated heterocycles. The number of benzene rings is 1. The average Bonchev–Trinajstić information content (AvgIpc) is 3.29. The fourth-order valence-corrected chi connectivity index (χ4v) is 4.25. The number of carbonyl (C=O) groups is 4. The second-order valence-corrected chi connectivity index (χ2v) is 9.35. The number of methoxy groups -OCH3 is 1. The van der Waals surface area contributed by atoms with Crippen LogP contribution in [0.4, 0.5) is 9.59 Å². The molecule has 0 spiro atoms. The summed E-state index contributed by atoms with van der Waals surface area (Å²) < 4.78 is 10.7. The van der Waals surface area contributed by atoms with E-state index in [0.29, 0.717) is 25.5 Å². The number of hydrogen-bond acceptors (Lipinski definition) is 6. The molecule has 3 heterocycles. The van der Waals surface area contributed by atoms with Crippen LogP contribution >= 0.6 is 0 Å². The van der Waals surface area contributed by atoms with Crippen LogP contribution in [0.2, 0.25) is 0 Å². The second kappa shape index (κ2) is 11.2. The molecule has 200 valence electrons. The van der Waals surface area contributed by atoms with E-state index in [-0.39, 0.29) is 11.9 Å². The number of rotatable bonds is 4. The monoisotopic (exact) mass is 521 g/mol. The van der Waals surface area contributed by atoms with Gasteiger partial charge in [-0.15, -0.1) is 0 Å². The molecule has 0 aromatic heterocycles. The Labute approximate surface area is 220 Å². The topological polar surface area (TPSA) is 129 Å². The highest BCUT2D eigenvalue weighted by Crippen LogP contribution is 2.28. The summed E-state index contributed by atoms with van der Waals surface area (Å²) in [5.41, 5.74) is 4.81. The van der Waals surface area contributed by atoms with Gasteiger partial charge in [0.15, 0.2) is 6.04 Å². The Bertz CT molecular complexity index is 1290. The number of nitrogens with zero attached hydrogens (tertiary/aromatic N) is 2. The van der Waals surface area contributed by atoms with Crippen LogP contribution in [0.5, 0.6) is 5.75 Å². The van der Waals surface area contributed by atoms with Crippen molar-refractivity contribution in [3.05, 3.63) is 76.1 Å². The molecule has 1 aliphatic carbocycles. The van der Waals surface area contributed by atoms with Gasteiger partial charge in [0, 0.05) is 39.8 Å². The molecule has 3 N–H and O–H groups in total. The average molecular weight is 522 g/mol. The third-order valence-corrected chi connectivity index (χ3v) is 6.37. The highest BCUT2D eigenvalue weighted by molar-refractivity contribution is 6.05. The predicted molar refractivity (Wildman–Crippen MR) is 139 cm³/mol. The molecular formula is C27H31N5O6. The van der Waals surface area contributed by atoms with Gasteiger partial charge >= 0.3 is 12.1 Å². The summed E-state index contributed by atoms with van der Waals surface area (Å²) in [5.74, 6) is 0.808. The minimum absolute atomic E-state index is 0.0777. The Hall–Kier alpha value is -4.54. The molecule has 0 bridgehead atoms. The number of ether oxygens (including phenoxy) is 2. The zero-order valence-corrected chi connectivity index (χ0v) is 21.8. The van der Waals surface area contributed by atoms with Crippen LogP contribution in [0.3, 0.4) is 0 Å². The summed E-state index contributed by atoms with van der Waals surface area (Å²) >= 11 is 0. The van der Waals surface area contributed by atoms with E-state index < -0.39 is 18.0 Å². The number of nitrogens with one attached hydrogen (secondary N) is 3. The standard InChI is InChI=1S/C17H20N4O4.C10H11NO2/c1-21(2)17(24)18-8-10-4-3-5-11-9-25-13(7-12(11)6-10)14-15(22)20-16(23)19-14;1-11-6-7-3-4-8(13-2)5-9(7)10(11)12/h3-4,6-7,14H,5,8-9H2,1-2H3,(H,18,24)(H2,19,20,22,23);3-5H,6H2,1-2H3. The van der Waals surface area contributed by atoms with Crippen molar-refractivity contribution in [1.82, 2.24) is 25.8 Å². The van der Waals surface area contributed by atoms with Crippen molar-refractivity contribution < 1.29 is 28.7 Å². The molecule has 0 radical (unpaired) electrons. The Kier molecular flexibility index (Phi) is 7.85. The number of hydrogen-bond donors (Lipinski definition) is 3. The highest BCUT2D eigenvalue weighted by Gasteiger charge is 2.35. The fourth-order valence-electron chi connectivity index (χ4n) is 4.25. The molecule has 11 heteroatoms. The molecule has 6 amide bonds. The number of allylic oxidation sites excluding steroid dienone is 4. The van der Waals surface area contributed by atoms with Gasteiger partial charge in [0.1, 0.15) is 18.1 Å². The first-order valence-corrected chi connectivity index (χ1v) is 12.1. The smallest absolute Gasteiger partial charge is 0.322 e. The van der Waals surface area contributed by atoms with Crippen LogP contribution in [0.15, 0.2) is 65.0 Å². The molecule has 1 fully saturated rings. The molecular weight excluding hydrogens is 490 g/mol. The van der Waals surface area contributed by atoms with Crippen molar-refractivity contribution in [1.29, 1.82) is 0 Å². The Balaban J connectivity index is 0.000000216. The van der Waals surface area contributed by atoms with Crippen LogP contribution in [-0.2, 0) is 16.1 Å². The third-order valence-electron chi connectivity index (χ3n) is 6.37. The second-order valence-electron chi connectivity index (χ2n) is 9.35. The summed E-state index contributed by atoms with van der Waals surface area (Å²) in [7, 11) is 6.77. The number of fused-ring (bicyclic) bond motifs is 1. The van der Waals surface area contributed by atoms with E-state index in [4.69, 9.17) is 9.47 Å². The Morgan fingerprint density at radius 3 is 2.71 bits per heavy atom. The van der Waals surface area contributed by atoms with E-state index in [1.807, 2.05) is 30.4 Å². The van der Waals surface area contributed by atoms with Crippen LogP contribution < -0.4 is 20.7 Å². The van der Waals surface area contributed by atoms with Gasteiger partial charge in [0.05, 0.1) is 7.11 Å². The largest absolute Gasteiger partial charge is 0.497 e. The van der Waals surface area contributed by atoms with Gasteiger partial charge in [-0.05, 0) is 53.0 Å². The van der Waals surface area contributed by atoms with Crippen molar-refractivity contribution >= 4 is 23.9 Å². The fraction of sp³-hybridized carbons (Fsp3) is 0.333. The zero-order valence-electron chi connectivity index (χ0n) is 21.8. The van der Waals surface area contributed by atoms with Crippen molar-refractivity contribution in [2.45, 2.75) is 19.0 Å². The van der Waals surface area contributed by atoms with Crippen molar-refractivity contribution in [3.8, 4) is 5.75 Å². The van der Waals surface area contributed by atoms with Gasteiger partial charge in [-0.3, -0.25) is 14.9 Å². The molecule has 11 nitrogen and oxygen atoms in total. The van der Waals surface area contributed by atoms with Crippen molar-refractivity contribution in [2.75, 3.05) is 41.4 Å². The SMILES string of the molecule is CN(C)C(=O)NCC1=CC2=C(CC=C1)COC(C1NC(=O)NC1=O)=C2.COc1ccc2c(c1)C(=O)N(C)C2. The molecule has 0 saturated carbocycles. The minimum atomic E-state index is -0.803. The maximum atomic E-state index is 11.8. The van der Waals surface area contributed by atoms with Gasteiger partial charge in [0.25, 0.3) is 11.8 Å². The molecule has 5 rings (SSSR count). The lowest BCUT2D eigenvalue weighted by Gasteiger charge is -2.21. The maximum Gasteiger partial charge on any atom is 0.322 e. The van der Waals surface area contributed by atoms with Crippen molar-refractivity contribution in [3.63, 3.8) is 0 Å². The lowest BCUT2D eigenvalue weighted by atomic mass is 10.0. The van der Waals surface area contributed by atoms with Gasteiger partial charge in [-0.2, -0.15) is 0 Å². The quantitative estimate of drug-likeness (QED) is 0.519. The Morgan fingerprint density at radius 1 is 1.24 bits per heavy atom. The summed E-state index contributed by atoms with van der Waals surface area (Å²) in [6, 6.07) is 4.12. The van der Waals surface area contributed by atoms with Crippen LogP contribution in [0.25, 0.3) is 0 Å². The third kappa shape index (κ3) is 5.88. The Morgan fingerprint density at radius 2 is 2.03 bits per heavy atom. The first kappa shape index (κ1) is 26.5. The summed E-state index contributed by atoms with van der Waals surface area (Å²) in [6.07, 6.45) is 8.44. The molecule has 4 aliphatic rings. The number of amides is 6. The normalized spacial score (nSPS) is 19.5. The molecule has 1 aromatic rings. The van der Waals surface area contributed by atoms with Crippen LogP contribution in [-0.4, -0.2) is 81.1 Å². The molecule has 38 heavy (non-hydrogen) atoms. The van der Waals surface area contributed by atoms with E-state index in [9.17, 15) is 19.2 Å². The molecule has 1 atom stereocenters. The van der Waals surface area contributed by atoms with Gasteiger partial charge in [-0.25, -0.2) is 9.59 Å². The van der Waals surface area contributed by atoms with E-state index in [2.05, 4.69) is 16.0 Å². The molecule has 3 aliphatic heterocycles. The first-order valence-electron chi connectivity index (χ1n) is 12.1. The lowest BCUT2D eigenvalue weighted by molar-refractivity contribution is -0.120. The summed E-state index contributed by atoms with van der Waals surface area (Å²) in [6.45, 7) is 1.46. The number of imide groups is 1. The van der Waals surface area contributed by atoms with Gasteiger partial charge in [-0.1, -0.05) is 18.2 Å². The highest BCUT2D eigenvalue weighted by atomic mass is 16.5. The summed E-state index contributed by atoms with van der Waals surface area (Å²) in [4.78, 5) is 49.5. The zero-order chi connectivity index (χ0) is 27.4. The van der Waals surface area contributed by atoms with E-state index in [1.54, 1.807) is 45.3 Å². The van der Waals surface area contributed by atoms with E-state index >= 15 is 0 Å². The van der Waals surface area contributed by atoms with Gasteiger partial charge in [0.2, 0.25) is 0 Å². The molecule has 1 unspecified atom stereocenters. The van der Waals surface area contributed by atoms with Crippen LogP contribution in [0.1, 0.15) is 22.3 Å². The van der Waals surface area contributed by atoms with E-state index in [0.717, 1.165) is 40.0 Å². The number of urea groups is 2.